The molecule has 0 unspecified atom stereocenters. The van der Waals surface area contributed by atoms with E-state index in [0.717, 1.165) is 0 Å². The van der Waals surface area contributed by atoms with E-state index in [1.54, 1.807) is 12.1 Å². The molecule has 0 spiro atoms. The van der Waals surface area contributed by atoms with Crippen LogP contribution in [0.1, 0.15) is 22.8 Å². The fourth-order valence-electron chi connectivity index (χ4n) is 2.19. The molecule has 6 nitrogen and oxygen atoms in total. The Labute approximate surface area is 159 Å². The van der Waals surface area contributed by atoms with Gasteiger partial charge < -0.3 is 15.2 Å². The number of nitrogens with one attached hydrogen (secondary N) is 1. The van der Waals surface area contributed by atoms with Gasteiger partial charge in [0.1, 0.15) is 11.8 Å². The zero-order valence-corrected chi connectivity index (χ0v) is 15.2. The summed E-state index contributed by atoms with van der Waals surface area (Å²) in [6, 6.07) is 9.30. The van der Waals surface area contributed by atoms with Crippen molar-refractivity contribution in [1.82, 2.24) is 5.32 Å². The highest BCUT2D eigenvalue weighted by molar-refractivity contribution is 6.35. The number of hydrogen-bond donors (Lipinski definition) is 2. The molecule has 2 aromatic carbocycles. The number of hydrogen-bond acceptors (Lipinski definition) is 4. The number of carbonyl (C=O) groups is 3. The van der Waals surface area contributed by atoms with Crippen molar-refractivity contribution >= 4 is 41.0 Å². The lowest BCUT2D eigenvalue weighted by atomic mass is 10.1. The summed E-state index contributed by atoms with van der Waals surface area (Å²) in [5, 5.41) is 12.6. The number of amides is 1. The summed E-state index contributed by atoms with van der Waals surface area (Å²) in [4.78, 5) is 34.7. The maximum Gasteiger partial charge on any atom is 0.326 e. The third-order valence-electron chi connectivity index (χ3n) is 3.42. The summed E-state index contributed by atoms with van der Waals surface area (Å²) in [5.74, 6) is -1.96. The van der Waals surface area contributed by atoms with E-state index >= 15 is 0 Å². The van der Waals surface area contributed by atoms with Gasteiger partial charge >= 0.3 is 11.9 Å². The van der Waals surface area contributed by atoms with Crippen molar-refractivity contribution in [3.8, 4) is 5.75 Å². The molecule has 0 saturated carbocycles. The second-order valence-corrected chi connectivity index (χ2v) is 6.27. The average molecular weight is 396 g/mol. The molecule has 1 atom stereocenters. The number of ether oxygens (including phenoxy) is 1. The summed E-state index contributed by atoms with van der Waals surface area (Å²) in [6.45, 7) is 1.26. The van der Waals surface area contributed by atoms with Crippen LogP contribution in [0.5, 0.6) is 5.75 Å². The van der Waals surface area contributed by atoms with Crippen molar-refractivity contribution in [3.63, 3.8) is 0 Å². The zero-order chi connectivity index (χ0) is 19.3. The SMILES string of the molecule is CC(=O)Oc1ccc(C(=O)N[C@H](Cc2ccc(Cl)cc2Cl)C(=O)O)cc1. The largest absolute Gasteiger partial charge is 0.480 e. The highest BCUT2D eigenvalue weighted by Gasteiger charge is 2.22. The van der Waals surface area contributed by atoms with Gasteiger partial charge in [-0.1, -0.05) is 29.3 Å². The van der Waals surface area contributed by atoms with Crippen LogP contribution in [0.4, 0.5) is 0 Å². The van der Waals surface area contributed by atoms with E-state index < -0.39 is 23.9 Å². The predicted octanol–water partition coefficient (Wildman–Crippen LogP) is 3.34. The van der Waals surface area contributed by atoms with Crippen molar-refractivity contribution < 1.29 is 24.2 Å². The van der Waals surface area contributed by atoms with E-state index in [2.05, 4.69) is 5.32 Å². The summed E-state index contributed by atoms with van der Waals surface area (Å²) in [6.07, 6.45) is 0.00259. The van der Waals surface area contributed by atoms with Crippen LogP contribution in [0.3, 0.4) is 0 Å². The normalized spacial score (nSPS) is 11.5. The number of halogens is 2. The Morgan fingerprint density at radius 1 is 1.12 bits per heavy atom. The second kappa shape index (κ2) is 8.69. The topological polar surface area (TPSA) is 92.7 Å². The Morgan fingerprint density at radius 3 is 2.31 bits per heavy atom. The Morgan fingerprint density at radius 2 is 1.77 bits per heavy atom. The molecule has 0 bridgehead atoms. The van der Waals surface area contributed by atoms with Gasteiger partial charge in [0, 0.05) is 29.0 Å². The van der Waals surface area contributed by atoms with Crippen LogP contribution in [-0.4, -0.2) is 29.0 Å². The van der Waals surface area contributed by atoms with Crippen molar-refractivity contribution in [3.05, 3.63) is 63.6 Å². The van der Waals surface area contributed by atoms with Crippen LogP contribution in [-0.2, 0) is 16.0 Å². The van der Waals surface area contributed by atoms with Crippen molar-refractivity contribution in [1.29, 1.82) is 0 Å². The molecular formula is C18H15Cl2NO5. The lowest BCUT2D eigenvalue weighted by molar-refractivity contribution is -0.139. The molecular weight excluding hydrogens is 381 g/mol. The van der Waals surface area contributed by atoms with Gasteiger partial charge in [-0.2, -0.15) is 0 Å². The average Bonchev–Trinajstić information content (AvgIpc) is 2.56. The molecule has 1 amide bonds. The number of benzene rings is 2. The Bertz CT molecular complexity index is 836. The van der Waals surface area contributed by atoms with E-state index in [9.17, 15) is 19.5 Å². The molecule has 0 aliphatic rings. The van der Waals surface area contributed by atoms with E-state index in [0.29, 0.717) is 15.6 Å². The minimum absolute atomic E-state index is 0.00259. The van der Waals surface area contributed by atoms with Gasteiger partial charge in [-0.05, 0) is 42.0 Å². The lowest BCUT2D eigenvalue weighted by Gasteiger charge is -2.16. The Balaban J connectivity index is 2.10. The predicted molar refractivity (Wildman–Crippen MR) is 96.8 cm³/mol. The van der Waals surface area contributed by atoms with Crippen LogP contribution < -0.4 is 10.1 Å². The summed E-state index contributed by atoms with van der Waals surface area (Å²) < 4.78 is 4.88. The first-order chi connectivity index (χ1) is 12.3. The summed E-state index contributed by atoms with van der Waals surface area (Å²) >= 11 is 11.9. The van der Waals surface area contributed by atoms with Crippen LogP contribution in [0.2, 0.25) is 10.0 Å². The fourth-order valence-corrected chi connectivity index (χ4v) is 2.67. The maximum absolute atomic E-state index is 12.3. The van der Waals surface area contributed by atoms with E-state index in [1.165, 1.54) is 37.3 Å². The van der Waals surface area contributed by atoms with Crippen LogP contribution in [0.25, 0.3) is 0 Å². The van der Waals surface area contributed by atoms with Gasteiger partial charge in [0.2, 0.25) is 0 Å². The molecule has 0 fully saturated rings. The first kappa shape index (κ1) is 19.8. The van der Waals surface area contributed by atoms with E-state index in [4.69, 9.17) is 27.9 Å². The van der Waals surface area contributed by atoms with Crippen molar-refractivity contribution in [2.75, 3.05) is 0 Å². The molecule has 26 heavy (non-hydrogen) atoms. The summed E-state index contributed by atoms with van der Waals surface area (Å²) in [7, 11) is 0. The first-order valence-electron chi connectivity index (χ1n) is 7.52. The number of rotatable bonds is 6. The monoisotopic (exact) mass is 395 g/mol. The van der Waals surface area contributed by atoms with E-state index in [-0.39, 0.29) is 17.7 Å². The maximum atomic E-state index is 12.3. The number of carboxylic acid groups (broad SMARTS) is 1. The molecule has 8 heteroatoms. The molecule has 136 valence electrons. The second-order valence-electron chi connectivity index (χ2n) is 5.42. The van der Waals surface area contributed by atoms with Crippen LogP contribution in [0.15, 0.2) is 42.5 Å². The van der Waals surface area contributed by atoms with Crippen LogP contribution >= 0.6 is 23.2 Å². The molecule has 0 radical (unpaired) electrons. The molecule has 0 aliphatic carbocycles. The molecule has 0 saturated heterocycles. The third kappa shape index (κ3) is 5.47. The van der Waals surface area contributed by atoms with Crippen molar-refractivity contribution in [2.45, 2.75) is 19.4 Å². The van der Waals surface area contributed by atoms with Gasteiger partial charge in [0.15, 0.2) is 0 Å². The highest BCUT2D eigenvalue weighted by atomic mass is 35.5. The highest BCUT2D eigenvalue weighted by Crippen LogP contribution is 2.22. The number of carboxylic acids is 1. The molecule has 2 rings (SSSR count). The standard InChI is InChI=1S/C18H15Cl2NO5/c1-10(22)26-14-6-3-11(4-7-14)17(23)21-16(18(24)25)8-12-2-5-13(19)9-15(12)20/h2-7,9,16H,8H2,1H3,(H,21,23)(H,24,25)/t16-/m1/s1. The third-order valence-corrected chi connectivity index (χ3v) is 4.01. The van der Waals surface area contributed by atoms with Crippen LogP contribution in [0, 0.1) is 0 Å². The number of carbonyl (C=O) groups excluding carboxylic acids is 2. The molecule has 2 aromatic rings. The summed E-state index contributed by atoms with van der Waals surface area (Å²) in [5.41, 5.74) is 0.781. The van der Waals surface area contributed by atoms with Gasteiger partial charge in [-0.15, -0.1) is 0 Å². The number of esters is 1. The quantitative estimate of drug-likeness (QED) is 0.577. The Kier molecular flexibility index (Phi) is 6.60. The van der Waals surface area contributed by atoms with Gasteiger partial charge in [-0.25, -0.2) is 4.79 Å². The Hall–Kier alpha value is -2.57. The van der Waals surface area contributed by atoms with E-state index in [1.807, 2.05) is 0 Å². The molecule has 0 aliphatic heterocycles. The lowest BCUT2D eigenvalue weighted by Crippen LogP contribution is -2.42. The van der Waals surface area contributed by atoms with Crippen molar-refractivity contribution in [2.24, 2.45) is 0 Å². The van der Waals surface area contributed by atoms with Gasteiger partial charge in [0.25, 0.3) is 5.91 Å². The van der Waals surface area contributed by atoms with Gasteiger partial charge in [-0.3, -0.25) is 9.59 Å². The first-order valence-corrected chi connectivity index (χ1v) is 8.28. The minimum atomic E-state index is -1.19. The molecule has 0 heterocycles. The molecule has 2 N–H and O–H groups in total. The number of aliphatic carboxylic acids is 1. The fraction of sp³-hybridized carbons (Fsp3) is 0.167. The van der Waals surface area contributed by atoms with Gasteiger partial charge in [0.05, 0.1) is 0 Å². The minimum Gasteiger partial charge on any atom is -0.480 e. The zero-order valence-electron chi connectivity index (χ0n) is 13.7. The smallest absolute Gasteiger partial charge is 0.326 e. The molecule has 0 aromatic heterocycles.